The third-order valence-corrected chi connectivity index (χ3v) is 6.86. The van der Waals surface area contributed by atoms with Crippen LogP contribution < -0.4 is 11.1 Å². The first kappa shape index (κ1) is 18.3. The second kappa shape index (κ2) is 7.86. The molecule has 1 aromatic carbocycles. The number of nitrogens with two attached hydrogens (primary N) is 1. The maximum atomic E-state index is 12.3. The number of thioether (sulfide) groups is 1. The van der Waals surface area contributed by atoms with E-state index in [1.807, 2.05) is 37.3 Å². The van der Waals surface area contributed by atoms with Gasteiger partial charge in [-0.3, -0.25) is 4.79 Å². The standard InChI is InChI=1S/C20H22N4OS2/c1-12(13-7-3-2-4-8-13)22-16(25)11-26-20-23-18(21)17-14-9-5-6-10-15(14)27-19(17)24-20/h2-4,7-8,12H,5-6,9-11H2,1H3,(H,22,25)(H2,21,23,24)/t12-/m0/s1. The van der Waals surface area contributed by atoms with Gasteiger partial charge in [-0.15, -0.1) is 11.3 Å². The fraction of sp³-hybridized carbons (Fsp3) is 0.350. The number of nitrogen functional groups attached to an aromatic ring is 1. The quantitative estimate of drug-likeness (QED) is 0.499. The van der Waals surface area contributed by atoms with Gasteiger partial charge in [0.15, 0.2) is 5.16 Å². The van der Waals surface area contributed by atoms with Crippen LogP contribution >= 0.6 is 23.1 Å². The Kier molecular flexibility index (Phi) is 5.31. The molecule has 0 spiro atoms. The molecule has 2 heterocycles. The van der Waals surface area contributed by atoms with Gasteiger partial charge in [-0.1, -0.05) is 42.1 Å². The lowest BCUT2D eigenvalue weighted by molar-refractivity contribution is -0.119. The van der Waals surface area contributed by atoms with Crippen molar-refractivity contribution in [2.24, 2.45) is 0 Å². The van der Waals surface area contributed by atoms with Crippen molar-refractivity contribution < 1.29 is 4.79 Å². The highest BCUT2D eigenvalue weighted by Crippen LogP contribution is 2.38. The lowest BCUT2D eigenvalue weighted by Crippen LogP contribution is -2.28. The van der Waals surface area contributed by atoms with Crippen LogP contribution in [0.1, 0.15) is 41.8 Å². The molecule has 0 saturated carbocycles. The summed E-state index contributed by atoms with van der Waals surface area (Å²) in [5.41, 5.74) is 8.65. The van der Waals surface area contributed by atoms with Crippen LogP contribution in [0.5, 0.6) is 0 Å². The van der Waals surface area contributed by atoms with E-state index < -0.39 is 0 Å². The van der Waals surface area contributed by atoms with Crippen LogP contribution in [0.3, 0.4) is 0 Å². The Hall–Kier alpha value is -2.12. The van der Waals surface area contributed by atoms with Crippen molar-refractivity contribution in [1.29, 1.82) is 0 Å². The second-order valence-corrected chi connectivity index (χ2v) is 8.80. The third kappa shape index (κ3) is 3.94. The summed E-state index contributed by atoms with van der Waals surface area (Å²) in [5, 5.41) is 4.61. The topological polar surface area (TPSA) is 80.9 Å². The normalized spacial score (nSPS) is 14.7. The lowest BCUT2D eigenvalue weighted by atomic mass is 9.97. The molecule has 140 valence electrons. The molecule has 7 heteroatoms. The first-order valence-electron chi connectivity index (χ1n) is 9.16. The zero-order valence-corrected chi connectivity index (χ0v) is 16.8. The Morgan fingerprint density at radius 3 is 2.85 bits per heavy atom. The molecular formula is C20H22N4OS2. The summed E-state index contributed by atoms with van der Waals surface area (Å²) < 4.78 is 0. The van der Waals surface area contributed by atoms with Crippen LogP contribution in [0.2, 0.25) is 0 Å². The molecule has 0 aliphatic heterocycles. The van der Waals surface area contributed by atoms with Gasteiger partial charge in [0.1, 0.15) is 10.6 Å². The van der Waals surface area contributed by atoms with Gasteiger partial charge < -0.3 is 11.1 Å². The third-order valence-electron chi connectivity index (χ3n) is 4.83. The van der Waals surface area contributed by atoms with Crippen molar-refractivity contribution in [3.63, 3.8) is 0 Å². The van der Waals surface area contributed by atoms with Crippen molar-refractivity contribution in [1.82, 2.24) is 15.3 Å². The number of nitrogens with one attached hydrogen (secondary N) is 1. The predicted molar refractivity (Wildman–Crippen MR) is 112 cm³/mol. The molecule has 1 aliphatic rings. The van der Waals surface area contributed by atoms with Gasteiger partial charge >= 0.3 is 0 Å². The van der Waals surface area contributed by atoms with Crippen LogP contribution in [0.25, 0.3) is 10.2 Å². The van der Waals surface area contributed by atoms with E-state index in [4.69, 9.17) is 5.73 Å². The molecular weight excluding hydrogens is 376 g/mol. The molecule has 0 fully saturated rings. The maximum Gasteiger partial charge on any atom is 0.230 e. The van der Waals surface area contributed by atoms with E-state index in [9.17, 15) is 4.79 Å². The zero-order valence-electron chi connectivity index (χ0n) is 15.2. The van der Waals surface area contributed by atoms with Gasteiger partial charge in [-0.2, -0.15) is 0 Å². The summed E-state index contributed by atoms with van der Waals surface area (Å²) in [5.74, 6) is 0.775. The van der Waals surface area contributed by atoms with Crippen molar-refractivity contribution in [2.45, 2.75) is 43.8 Å². The van der Waals surface area contributed by atoms with Gasteiger partial charge in [0.2, 0.25) is 5.91 Å². The van der Waals surface area contributed by atoms with E-state index in [0.717, 1.165) is 28.6 Å². The van der Waals surface area contributed by atoms with Crippen molar-refractivity contribution in [3.05, 3.63) is 46.3 Å². The Labute approximate surface area is 166 Å². The minimum Gasteiger partial charge on any atom is -0.383 e. The molecule has 0 bridgehead atoms. The summed E-state index contributed by atoms with van der Waals surface area (Å²) in [7, 11) is 0. The van der Waals surface area contributed by atoms with Gasteiger partial charge in [0.05, 0.1) is 17.2 Å². The Bertz CT molecular complexity index is 971. The summed E-state index contributed by atoms with van der Waals surface area (Å²) in [6, 6.07) is 9.90. The van der Waals surface area contributed by atoms with Crippen LogP contribution in [-0.2, 0) is 17.6 Å². The molecule has 3 aromatic rings. The number of anilines is 1. The number of amides is 1. The highest BCUT2D eigenvalue weighted by molar-refractivity contribution is 7.99. The number of carbonyl (C=O) groups excluding carboxylic acids is 1. The molecule has 2 aromatic heterocycles. The molecule has 0 saturated heterocycles. The summed E-state index contributed by atoms with van der Waals surface area (Å²) >= 11 is 3.06. The minimum atomic E-state index is -0.0379. The second-order valence-electron chi connectivity index (χ2n) is 6.77. The lowest BCUT2D eigenvalue weighted by Gasteiger charge is -2.14. The van der Waals surface area contributed by atoms with Gasteiger partial charge in [0.25, 0.3) is 0 Å². The summed E-state index contributed by atoms with van der Waals surface area (Å²) in [4.78, 5) is 23.8. The number of hydrogen-bond donors (Lipinski definition) is 2. The Morgan fingerprint density at radius 2 is 2.04 bits per heavy atom. The average molecular weight is 399 g/mol. The zero-order chi connectivity index (χ0) is 18.8. The number of aryl methyl sites for hydroxylation is 2. The average Bonchev–Trinajstić information content (AvgIpc) is 3.06. The van der Waals surface area contributed by atoms with E-state index in [1.54, 1.807) is 11.3 Å². The number of carbonyl (C=O) groups is 1. The van der Waals surface area contributed by atoms with E-state index in [-0.39, 0.29) is 17.7 Å². The molecule has 1 aliphatic carbocycles. The molecule has 3 N–H and O–H groups in total. The first-order chi connectivity index (χ1) is 13.1. The van der Waals surface area contributed by atoms with E-state index in [2.05, 4.69) is 15.3 Å². The van der Waals surface area contributed by atoms with Crippen LogP contribution in [0.4, 0.5) is 5.82 Å². The number of thiophene rings is 1. The molecule has 5 nitrogen and oxygen atoms in total. The van der Waals surface area contributed by atoms with E-state index >= 15 is 0 Å². The summed E-state index contributed by atoms with van der Waals surface area (Å²) in [6.07, 6.45) is 4.61. The Morgan fingerprint density at radius 1 is 1.26 bits per heavy atom. The fourth-order valence-corrected chi connectivity index (χ4v) is 5.46. The molecule has 1 amide bonds. The number of aromatic nitrogens is 2. The number of rotatable bonds is 5. The Balaban J connectivity index is 1.43. The van der Waals surface area contributed by atoms with Gasteiger partial charge in [-0.05, 0) is 43.7 Å². The van der Waals surface area contributed by atoms with E-state index in [0.29, 0.717) is 11.0 Å². The van der Waals surface area contributed by atoms with Crippen LogP contribution in [-0.4, -0.2) is 21.6 Å². The number of fused-ring (bicyclic) bond motifs is 3. The van der Waals surface area contributed by atoms with Gasteiger partial charge in [0, 0.05) is 4.88 Å². The molecule has 1 atom stereocenters. The number of benzene rings is 1. The maximum absolute atomic E-state index is 12.3. The number of nitrogens with zero attached hydrogens (tertiary/aromatic N) is 2. The molecule has 4 rings (SSSR count). The van der Waals surface area contributed by atoms with Crippen molar-refractivity contribution >= 4 is 45.0 Å². The smallest absolute Gasteiger partial charge is 0.230 e. The largest absolute Gasteiger partial charge is 0.383 e. The first-order valence-corrected chi connectivity index (χ1v) is 11.0. The molecule has 0 radical (unpaired) electrons. The summed E-state index contributed by atoms with van der Waals surface area (Å²) in [6.45, 7) is 1.98. The highest BCUT2D eigenvalue weighted by Gasteiger charge is 2.20. The van der Waals surface area contributed by atoms with Gasteiger partial charge in [-0.25, -0.2) is 9.97 Å². The molecule has 27 heavy (non-hydrogen) atoms. The predicted octanol–water partition coefficient (Wildman–Crippen LogP) is 4.12. The van der Waals surface area contributed by atoms with E-state index in [1.165, 1.54) is 35.0 Å². The fourth-order valence-electron chi connectivity index (χ4n) is 3.47. The highest BCUT2D eigenvalue weighted by atomic mass is 32.2. The SMILES string of the molecule is C[C@H](NC(=O)CSc1nc(N)c2c3c(sc2n1)CCCC3)c1ccccc1. The molecule has 0 unspecified atom stereocenters. The monoisotopic (exact) mass is 398 g/mol. The minimum absolute atomic E-state index is 0.0308. The van der Waals surface area contributed by atoms with Crippen LogP contribution in [0.15, 0.2) is 35.5 Å². The van der Waals surface area contributed by atoms with Crippen molar-refractivity contribution in [3.8, 4) is 0 Å². The van der Waals surface area contributed by atoms with Crippen molar-refractivity contribution in [2.75, 3.05) is 11.5 Å². The van der Waals surface area contributed by atoms with Crippen LogP contribution in [0, 0.1) is 0 Å². The number of hydrogen-bond acceptors (Lipinski definition) is 6.